The van der Waals surface area contributed by atoms with Crippen LogP contribution in [-0.4, -0.2) is 62.5 Å². The second kappa shape index (κ2) is 6.54. The van der Waals surface area contributed by atoms with Crippen LogP contribution in [0.2, 0.25) is 0 Å². The zero-order valence-corrected chi connectivity index (χ0v) is 15.2. The van der Waals surface area contributed by atoms with E-state index in [0.29, 0.717) is 17.0 Å². The number of imidazole rings is 1. The molecule has 1 saturated heterocycles. The molecule has 0 bridgehead atoms. The maximum atomic E-state index is 5.91. The minimum atomic E-state index is 0.154. The number of fused-ring (bicyclic) bond motifs is 1. The molecule has 1 aromatic carbocycles. The summed E-state index contributed by atoms with van der Waals surface area (Å²) in [5.41, 5.74) is 16.4. The van der Waals surface area contributed by atoms with Crippen molar-refractivity contribution in [1.29, 1.82) is 0 Å². The van der Waals surface area contributed by atoms with Gasteiger partial charge in [-0.3, -0.25) is 9.47 Å². The van der Waals surface area contributed by atoms with Gasteiger partial charge >= 0.3 is 0 Å². The largest absolute Gasteiger partial charge is 0.382 e. The van der Waals surface area contributed by atoms with Gasteiger partial charge in [0.05, 0.1) is 5.69 Å². The maximum Gasteiger partial charge on any atom is 0.224 e. The van der Waals surface area contributed by atoms with Crippen LogP contribution in [-0.2, 0) is 6.54 Å². The number of benzene rings is 1. The van der Waals surface area contributed by atoms with Crippen LogP contribution < -0.4 is 11.5 Å². The number of aryl methyl sites for hydroxylation is 1. The molecule has 0 aliphatic carbocycles. The number of nitrogens with two attached hydrogens (primary N) is 2. The lowest BCUT2D eigenvalue weighted by molar-refractivity contribution is 0.148. The summed E-state index contributed by atoms with van der Waals surface area (Å²) in [6.07, 6.45) is 1.72. The van der Waals surface area contributed by atoms with E-state index in [1.165, 1.54) is 5.56 Å². The Kier molecular flexibility index (Phi) is 4.21. The summed E-state index contributed by atoms with van der Waals surface area (Å²) in [5.74, 6) is 0.455. The minimum absolute atomic E-state index is 0.154. The van der Waals surface area contributed by atoms with Gasteiger partial charge in [0.1, 0.15) is 6.33 Å². The topological polar surface area (TPSA) is 102 Å². The Morgan fingerprint density at radius 2 is 1.85 bits per heavy atom. The highest BCUT2D eigenvalue weighted by atomic mass is 15.2. The van der Waals surface area contributed by atoms with E-state index in [2.05, 4.69) is 56.9 Å². The van der Waals surface area contributed by atoms with Crippen molar-refractivity contribution in [2.45, 2.75) is 13.5 Å². The van der Waals surface area contributed by atoms with Crippen LogP contribution in [0.15, 0.2) is 24.5 Å². The summed E-state index contributed by atoms with van der Waals surface area (Å²) in [5, 5.41) is 0. The van der Waals surface area contributed by atoms with Crippen molar-refractivity contribution in [3.63, 3.8) is 0 Å². The van der Waals surface area contributed by atoms with Crippen molar-refractivity contribution >= 4 is 22.9 Å². The van der Waals surface area contributed by atoms with E-state index in [1.807, 2.05) is 4.57 Å². The number of aromatic nitrogens is 4. The summed E-state index contributed by atoms with van der Waals surface area (Å²) in [6, 6.07) is 6.50. The molecule has 0 amide bonds. The lowest BCUT2D eigenvalue weighted by Crippen LogP contribution is -2.43. The van der Waals surface area contributed by atoms with Gasteiger partial charge in [0.15, 0.2) is 17.0 Å². The van der Waals surface area contributed by atoms with Crippen LogP contribution in [0.5, 0.6) is 0 Å². The van der Waals surface area contributed by atoms with Gasteiger partial charge in [-0.15, -0.1) is 0 Å². The molecule has 26 heavy (non-hydrogen) atoms. The van der Waals surface area contributed by atoms with E-state index in [0.717, 1.165) is 44.0 Å². The predicted octanol–water partition coefficient (Wildman–Crippen LogP) is 1.04. The lowest BCUT2D eigenvalue weighted by atomic mass is 10.1. The summed E-state index contributed by atoms with van der Waals surface area (Å²) < 4.78 is 1.92. The first kappa shape index (κ1) is 16.7. The SMILES string of the molecule is Cc1cc(CN2CCN(C)CC2)ccc1-n1cnc2c(N)nc(N)nc21. The predicted molar refractivity (Wildman–Crippen MR) is 103 cm³/mol. The number of hydrogen-bond acceptors (Lipinski definition) is 7. The normalized spacial score (nSPS) is 16.4. The Labute approximate surface area is 152 Å². The Bertz CT molecular complexity index is 940. The van der Waals surface area contributed by atoms with Gasteiger partial charge in [-0.2, -0.15) is 9.97 Å². The van der Waals surface area contributed by atoms with E-state index >= 15 is 0 Å². The average molecular weight is 352 g/mol. The Morgan fingerprint density at radius 3 is 2.58 bits per heavy atom. The van der Waals surface area contributed by atoms with Crippen LogP contribution in [0.4, 0.5) is 11.8 Å². The molecule has 0 radical (unpaired) electrons. The molecule has 1 fully saturated rings. The molecule has 0 spiro atoms. The fourth-order valence-electron chi connectivity index (χ4n) is 3.47. The number of likely N-dealkylation sites (N-methyl/N-ethyl adjacent to an activating group) is 1. The molecule has 1 aliphatic heterocycles. The molecule has 2 aromatic heterocycles. The molecule has 3 heterocycles. The zero-order valence-electron chi connectivity index (χ0n) is 15.2. The third kappa shape index (κ3) is 3.09. The van der Waals surface area contributed by atoms with Gasteiger partial charge < -0.3 is 16.4 Å². The van der Waals surface area contributed by atoms with E-state index < -0.39 is 0 Å². The fourth-order valence-corrected chi connectivity index (χ4v) is 3.47. The standard InChI is InChI=1S/C18H24N8/c1-12-9-13(10-25-7-5-24(2)6-8-25)3-4-14(12)26-11-21-15-16(19)22-18(20)23-17(15)26/h3-4,9,11H,5-8,10H2,1-2H3,(H4,19,20,22,23). The number of rotatable bonds is 3. The molecular weight excluding hydrogens is 328 g/mol. The highest BCUT2D eigenvalue weighted by molar-refractivity contribution is 5.84. The molecule has 4 rings (SSSR count). The average Bonchev–Trinajstić information content (AvgIpc) is 3.01. The van der Waals surface area contributed by atoms with Gasteiger partial charge in [0.2, 0.25) is 5.95 Å². The summed E-state index contributed by atoms with van der Waals surface area (Å²) in [4.78, 5) is 17.5. The van der Waals surface area contributed by atoms with Crippen molar-refractivity contribution in [3.8, 4) is 5.69 Å². The molecule has 1 aliphatic rings. The molecule has 8 heteroatoms. The van der Waals surface area contributed by atoms with E-state index in [9.17, 15) is 0 Å². The molecular formula is C18H24N8. The molecule has 0 unspecified atom stereocenters. The third-order valence-electron chi connectivity index (χ3n) is 4.96. The maximum absolute atomic E-state index is 5.91. The van der Waals surface area contributed by atoms with E-state index in [-0.39, 0.29) is 5.95 Å². The monoisotopic (exact) mass is 352 g/mol. The zero-order chi connectivity index (χ0) is 18.3. The van der Waals surface area contributed by atoms with E-state index in [4.69, 9.17) is 11.5 Å². The molecule has 3 aromatic rings. The van der Waals surface area contributed by atoms with Crippen molar-refractivity contribution in [2.75, 3.05) is 44.7 Å². The highest BCUT2D eigenvalue weighted by Crippen LogP contribution is 2.24. The van der Waals surface area contributed by atoms with Crippen LogP contribution in [0.25, 0.3) is 16.9 Å². The summed E-state index contributed by atoms with van der Waals surface area (Å²) in [6.45, 7) is 7.55. The second-order valence-electron chi connectivity index (χ2n) is 6.95. The number of anilines is 2. The third-order valence-corrected chi connectivity index (χ3v) is 4.96. The quantitative estimate of drug-likeness (QED) is 0.726. The first-order valence-electron chi connectivity index (χ1n) is 8.78. The molecule has 8 nitrogen and oxygen atoms in total. The van der Waals surface area contributed by atoms with Crippen molar-refractivity contribution in [2.24, 2.45) is 0 Å². The van der Waals surface area contributed by atoms with Crippen LogP contribution in [0, 0.1) is 6.92 Å². The first-order chi connectivity index (χ1) is 12.5. The van der Waals surface area contributed by atoms with Gasteiger partial charge in [-0.1, -0.05) is 12.1 Å². The van der Waals surface area contributed by atoms with Crippen LogP contribution in [0.1, 0.15) is 11.1 Å². The summed E-state index contributed by atoms with van der Waals surface area (Å²) >= 11 is 0. The molecule has 136 valence electrons. The van der Waals surface area contributed by atoms with Gasteiger partial charge in [0.25, 0.3) is 0 Å². The summed E-state index contributed by atoms with van der Waals surface area (Å²) in [7, 11) is 2.18. The van der Waals surface area contributed by atoms with Crippen molar-refractivity contribution < 1.29 is 0 Å². The van der Waals surface area contributed by atoms with Crippen LogP contribution >= 0.6 is 0 Å². The Balaban J connectivity index is 1.62. The van der Waals surface area contributed by atoms with Crippen LogP contribution in [0.3, 0.4) is 0 Å². The number of piperazine rings is 1. The van der Waals surface area contributed by atoms with E-state index in [1.54, 1.807) is 6.33 Å². The fraction of sp³-hybridized carbons (Fsp3) is 0.389. The smallest absolute Gasteiger partial charge is 0.224 e. The van der Waals surface area contributed by atoms with Crippen molar-refractivity contribution in [1.82, 2.24) is 29.3 Å². The molecule has 0 atom stereocenters. The van der Waals surface area contributed by atoms with Gasteiger partial charge in [0, 0.05) is 32.7 Å². The number of hydrogen-bond donors (Lipinski definition) is 2. The Morgan fingerprint density at radius 1 is 1.08 bits per heavy atom. The minimum Gasteiger partial charge on any atom is -0.382 e. The highest BCUT2D eigenvalue weighted by Gasteiger charge is 2.16. The molecule has 0 saturated carbocycles. The Hall–Kier alpha value is -2.71. The number of nitrogens with zero attached hydrogens (tertiary/aromatic N) is 6. The van der Waals surface area contributed by atoms with Gasteiger partial charge in [-0.05, 0) is 31.2 Å². The second-order valence-corrected chi connectivity index (χ2v) is 6.95. The molecule has 4 N–H and O–H groups in total. The first-order valence-corrected chi connectivity index (χ1v) is 8.78. The van der Waals surface area contributed by atoms with Crippen molar-refractivity contribution in [3.05, 3.63) is 35.7 Å². The van der Waals surface area contributed by atoms with Gasteiger partial charge in [-0.25, -0.2) is 4.98 Å². The lowest BCUT2D eigenvalue weighted by Gasteiger charge is -2.32. The number of nitrogen functional groups attached to an aromatic ring is 2.